The molecule has 0 heterocycles. The van der Waals surface area contributed by atoms with E-state index in [9.17, 15) is 15.3 Å². The van der Waals surface area contributed by atoms with Crippen LogP contribution in [-0.4, -0.2) is 54.7 Å². The summed E-state index contributed by atoms with van der Waals surface area (Å²) in [6.45, 7) is 3.35. The molecule has 0 atom stereocenters. The third-order valence-corrected chi connectivity index (χ3v) is 39.4. The largest absolute Gasteiger partial charge is 0.507 e. The van der Waals surface area contributed by atoms with Crippen LogP contribution in [0.3, 0.4) is 0 Å². The summed E-state index contributed by atoms with van der Waals surface area (Å²) in [5.41, 5.74) is 8.67. The maximum absolute atomic E-state index is 10.8. The lowest BCUT2D eigenvalue weighted by Crippen LogP contribution is -2.48. The van der Waals surface area contributed by atoms with Crippen LogP contribution < -0.4 is 4.74 Å². The van der Waals surface area contributed by atoms with Crippen molar-refractivity contribution >= 4 is 154 Å². The van der Waals surface area contributed by atoms with E-state index in [-0.39, 0.29) is 32.3 Å². The van der Waals surface area contributed by atoms with Crippen LogP contribution in [0.4, 0.5) is 0 Å². The summed E-state index contributed by atoms with van der Waals surface area (Å²) in [6, 6.07) is 35.3. The molecule has 14 rings (SSSR count). The van der Waals surface area contributed by atoms with Crippen LogP contribution in [0.5, 0.6) is 23.0 Å². The highest BCUT2D eigenvalue weighted by atomic mass is 33.5. The van der Waals surface area contributed by atoms with Crippen molar-refractivity contribution < 1.29 is 48.7 Å². The molecule has 8 aliphatic carbocycles. The molecule has 8 saturated carbocycles. The SMILES string of the molecule is C.CCc1cc(O)c2cc(-c3cc(C45CC6CC(CC(C6)C4)C5)ccc3OCOCCOC)ccc2c1.O=C=O.O=C=O.Oc1ccc(C23CC4CC(CC(C4)C2)C3)cc1-c1ccc2cccc(O)c2c1.S=S=S=S=S=S=S=S=S=S=S=S=S. The van der Waals surface area contributed by atoms with Gasteiger partial charge in [-0.2, -0.15) is 19.2 Å². The summed E-state index contributed by atoms with van der Waals surface area (Å²) >= 11 is 9.40. The first-order valence-corrected chi connectivity index (χ1v) is 43.1. The highest BCUT2D eigenvalue weighted by Gasteiger charge is 2.53. The summed E-state index contributed by atoms with van der Waals surface area (Å²) in [7, 11) is 19.8. The average molecular weight is 1380 g/mol. The van der Waals surface area contributed by atoms with Gasteiger partial charge in [-0.1, -0.05) is 68.9 Å². The second-order valence-electron chi connectivity index (χ2n) is 22.0. The number of aromatic hydroxyl groups is 3. The number of carbonyl (C=O) groups excluding carboxylic acids is 4. The molecule has 6 aromatic carbocycles. The lowest BCUT2D eigenvalue weighted by molar-refractivity contribution is -0.193. The van der Waals surface area contributed by atoms with Gasteiger partial charge in [-0.25, -0.2) is 0 Å². The Morgan fingerprint density at radius 1 is 0.512 bits per heavy atom. The Bertz CT molecular complexity index is 3770. The summed E-state index contributed by atoms with van der Waals surface area (Å²) in [5.74, 6) is 7.18. The molecule has 8 bridgehead atoms. The topological polar surface area (TPSA) is 157 Å². The standard InChI is InChI=1S/C32H38O4.C26H26O2.2CO2.CH4.S13/c1-3-21-13-25-4-5-26(15-28(25)30(33)14-21)29-16-27(6-7-31(29)36-20-35-9-8-34-2)32-17-22-10-23(18-32)12-24(11-22)19-32;27-24-3-1-2-19-4-5-20(11-22(19)24)23-12-21(6-7-25(23)28)26-13-16-8-17(14-26)10-18(9-16)15-26;2*2-1-3;;1-3-5-7-9-11-13-12-10-8-6-4-2/h4-7,13-16,22-24,33H,3,8-12,17-20H2,1-2H3;1-7,11-12,16-18,27-28H,8-10,13-15H2;;;1H4;. The van der Waals surface area contributed by atoms with Gasteiger partial charge < -0.3 is 29.5 Å². The van der Waals surface area contributed by atoms with Gasteiger partial charge in [-0.05, 0) is 217 Å². The third-order valence-electron chi connectivity index (χ3n) is 17.2. The molecule has 0 aliphatic heterocycles. The fourth-order valence-electron chi connectivity index (χ4n) is 14.8. The molecule has 0 spiro atoms. The van der Waals surface area contributed by atoms with Crippen molar-refractivity contribution in [3.8, 4) is 45.3 Å². The van der Waals surface area contributed by atoms with Crippen molar-refractivity contribution in [2.45, 2.75) is 109 Å². The number of rotatable bonds is 11. The first-order valence-electron chi connectivity index (χ1n) is 27.1. The average Bonchev–Trinajstić information content (AvgIpc) is 1.09. The lowest BCUT2D eigenvalue weighted by Gasteiger charge is -2.57. The second kappa shape index (κ2) is 33.8. The molecule has 10 nitrogen and oxygen atoms in total. The Kier molecular flexibility index (Phi) is 27.4. The van der Waals surface area contributed by atoms with Crippen molar-refractivity contribution in [2.24, 2.45) is 35.5 Å². The molecule has 0 saturated heterocycles. The van der Waals surface area contributed by atoms with E-state index in [0.29, 0.717) is 35.5 Å². The predicted molar refractivity (Wildman–Crippen MR) is 369 cm³/mol. The quantitative estimate of drug-likeness (QED) is 0.0835. The molecule has 0 amide bonds. The van der Waals surface area contributed by atoms with Crippen LogP contribution in [0, 0.1) is 35.5 Å². The molecule has 0 unspecified atom stereocenters. The van der Waals surface area contributed by atoms with Crippen molar-refractivity contribution in [3.63, 3.8) is 0 Å². The number of fused-ring (bicyclic) bond motifs is 2. The van der Waals surface area contributed by atoms with E-state index in [1.807, 2.05) is 36.4 Å². The van der Waals surface area contributed by atoms with Crippen LogP contribution in [0.25, 0.3) is 43.8 Å². The summed E-state index contributed by atoms with van der Waals surface area (Å²) in [4.78, 5) is 32.5. The molecule has 84 heavy (non-hydrogen) atoms. The summed E-state index contributed by atoms with van der Waals surface area (Å²) in [6.07, 6.45) is 18.0. The number of phenolic OH excluding ortho intramolecular Hbond substituents is 3. The van der Waals surface area contributed by atoms with E-state index in [1.54, 1.807) is 93.1 Å². The number of phenols is 3. The number of hydrogen-bond donors (Lipinski definition) is 3. The third kappa shape index (κ3) is 17.7. The Balaban J connectivity index is 0.000000187. The van der Waals surface area contributed by atoms with E-state index in [1.165, 1.54) is 106 Å². The van der Waals surface area contributed by atoms with Gasteiger partial charge in [0.1, 0.15) is 23.0 Å². The first kappa shape index (κ1) is 68.1. The first-order chi connectivity index (χ1) is 40.4. The van der Waals surface area contributed by atoms with Gasteiger partial charge in [-0.15, -0.1) is 0 Å². The molecule has 0 aromatic heterocycles. The van der Waals surface area contributed by atoms with Gasteiger partial charge in [0, 0.05) is 149 Å². The van der Waals surface area contributed by atoms with Gasteiger partial charge in [0.2, 0.25) is 0 Å². The van der Waals surface area contributed by atoms with E-state index in [2.05, 4.69) is 67.6 Å². The van der Waals surface area contributed by atoms with Crippen LogP contribution >= 0.6 is 0 Å². The molecule has 3 N–H and O–H groups in total. The normalized spacial score (nSPS) is 22.9. The van der Waals surface area contributed by atoms with Gasteiger partial charge in [-0.3, -0.25) is 0 Å². The molecule has 8 aliphatic rings. The highest BCUT2D eigenvalue weighted by molar-refractivity contribution is 8.75. The van der Waals surface area contributed by atoms with Crippen LogP contribution in [0.15, 0.2) is 103 Å². The molecule has 6 aromatic rings. The number of methoxy groups -OCH3 is 1. The van der Waals surface area contributed by atoms with Gasteiger partial charge in [0.05, 0.1) is 13.2 Å². The van der Waals surface area contributed by atoms with Crippen LogP contribution in [-0.2, 0) is 166 Å². The van der Waals surface area contributed by atoms with Crippen LogP contribution in [0.1, 0.15) is 108 Å². The summed E-state index contributed by atoms with van der Waals surface area (Å²) < 4.78 is 16.9. The predicted octanol–water partition coefficient (Wildman–Crippen LogP) is 13.1. The molecular formula is C61H68O10S13. The minimum Gasteiger partial charge on any atom is -0.507 e. The number of aryl methyl sites for hydroxylation is 1. The fourth-order valence-corrected chi connectivity index (χ4v) is 39.5. The van der Waals surface area contributed by atoms with Crippen LogP contribution in [0.2, 0.25) is 0 Å². The smallest absolute Gasteiger partial charge is 0.373 e. The molecule has 450 valence electrons. The van der Waals surface area contributed by atoms with Gasteiger partial charge >= 0.3 is 12.3 Å². The minimum atomic E-state index is 0. The molecule has 0 radical (unpaired) electrons. The number of hydrogen-bond acceptors (Lipinski definition) is 12. The van der Waals surface area contributed by atoms with E-state index in [4.69, 9.17) is 55.8 Å². The van der Waals surface area contributed by atoms with Crippen molar-refractivity contribution in [2.75, 3.05) is 27.1 Å². The van der Waals surface area contributed by atoms with Gasteiger partial charge in [0.15, 0.2) is 6.79 Å². The summed E-state index contributed by atoms with van der Waals surface area (Å²) in [5, 5.41) is 35.5. The highest BCUT2D eigenvalue weighted by Crippen LogP contribution is 2.62. The Labute approximate surface area is 533 Å². The Hall–Kier alpha value is -3.42. The maximum Gasteiger partial charge on any atom is 0.373 e. The van der Waals surface area contributed by atoms with E-state index < -0.39 is 0 Å². The van der Waals surface area contributed by atoms with Crippen molar-refractivity contribution in [1.29, 1.82) is 0 Å². The zero-order valence-electron chi connectivity index (χ0n) is 45.6. The zero-order chi connectivity index (χ0) is 58.8. The number of benzene rings is 6. The molecule has 23 heteroatoms. The number of ether oxygens (including phenoxy) is 3. The lowest BCUT2D eigenvalue weighted by atomic mass is 9.48. The van der Waals surface area contributed by atoms with E-state index in [0.717, 1.165) is 97.0 Å². The monoisotopic (exact) mass is 1380 g/mol. The van der Waals surface area contributed by atoms with Crippen molar-refractivity contribution in [3.05, 3.63) is 120 Å². The zero-order valence-corrected chi connectivity index (χ0v) is 56.2. The molecular weight excluding hydrogens is 1310 g/mol. The Morgan fingerprint density at radius 2 is 0.964 bits per heavy atom. The van der Waals surface area contributed by atoms with Crippen molar-refractivity contribution in [1.82, 2.24) is 0 Å². The minimum absolute atomic E-state index is 0. The van der Waals surface area contributed by atoms with Gasteiger partial charge in [0.25, 0.3) is 0 Å². The Morgan fingerprint density at radius 3 is 1.45 bits per heavy atom. The second-order valence-corrected chi connectivity index (χ2v) is 41.5. The molecule has 8 fully saturated rings. The van der Waals surface area contributed by atoms with E-state index >= 15 is 0 Å². The maximum atomic E-state index is 10.8. The fraction of sp³-hybridized carbons (Fsp3) is 0.443.